The minimum Gasteiger partial charge on any atom is -0.467 e. The van der Waals surface area contributed by atoms with Crippen molar-refractivity contribution in [1.29, 1.82) is 0 Å². The highest BCUT2D eigenvalue weighted by Crippen LogP contribution is 2.25. The van der Waals surface area contributed by atoms with Crippen LogP contribution in [0, 0.1) is 5.41 Å². The third-order valence-corrected chi connectivity index (χ3v) is 3.23. The van der Waals surface area contributed by atoms with E-state index >= 15 is 0 Å². The summed E-state index contributed by atoms with van der Waals surface area (Å²) in [5, 5.41) is 2.87. The first-order valence-electron chi connectivity index (χ1n) is 5.69. The number of furan rings is 1. The Balaban J connectivity index is 2.56. The van der Waals surface area contributed by atoms with Gasteiger partial charge in [-0.1, -0.05) is 13.8 Å². The van der Waals surface area contributed by atoms with Crippen LogP contribution < -0.4 is 11.1 Å². The van der Waals surface area contributed by atoms with E-state index in [2.05, 4.69) is 5.32 Å². The Morgan fingerprint density at radius 3 is 2.62 bits per heavy atom. The predicted molar refractivity (Wildman–Crippen MR) is 62.6 cm³/mol. The maximum Gasteiger partial charge on any atom is 0.227 e. The summed E-state index contributed by atoms with van der Waals surface area (Å²) < 4.78 is 5.15. The molecule has 0 aliphatic heterocycles. The maximum absolute atomic E-state index is 12.0. The van der Waals surface area contributed by atoms with E-state index in [1.54, 1.807) is 12.3 Å². The van der Waals surface area contributed by atoms with Crippen molar-refractivity contribution in [3.63, 3.8) is 0 Å². The zero-order chi connectivity index (χ0) is 12.0. The normalized spacial score (nSPS) is 11.4. The molecule has 0 radical (unpaired) electrons. The molecule has 1 amide bonds. The van der Waals surface area contributed by atoms with Crippen LogP contribution in [0.2, 0.25) is 0 Å². The Hall–Kier alpha value is -1.29. The summed E-state index contributed by atoms with van der Waals surface area (Å²) in [6, 6.07) is 3.64. The molecule has 4 heteroatoms. The molecule has 1 aromatic heterocycles. The van der Waals surface area contributed by atoms with Gasteiger partial charge < -0.3 is 15.5 Å². The van der Waals surface area contributed by atoms with Gasteiger partial charge in [-0.25, -0.2) is 0 Å². The summed E-state index contributed by atoms with van der Waals surface area (Å²) in [6.07, 6.45) is 3.10. The number of amides is 1. The van der Waals surface area contributed by atoms with Crippen molar-refractivity contribution in [1.82, 2.24) is 5.32 Å². The molecule has 90 valence electrons. The molecule has 0 spiro atoms. The van der Waals surface area contributed by atoms with Gasteiger partial charge in [-0.15, -0.1) is 0 Å². The number of hydrogen-bond donors (Lipinski definition) is 2. The molecule has 0 saturated carbocycles. The Kier molecular flexibility index (Phi) is 4.55. The Bertz CT molecular complexity index is 308. The molecular formula is C12H20N2O2. The van der Waals surface area contributed by atoms with Crippen molar-refractivity contribution in [3.8, 4) is 0 Å². The van der Waals surface area contributed by atoms with E-state index in [4.69, 9.17) is 10.2 Å². The lowest BCUT2D eigenvalue weighted by atomic mass is 9.81. The summed E-state index contributed by atoms with van der Waals surface area (Å²) in [6.45, 7) is 4.78. The first kappa shape index (κ1) is 12.8. The summed E-state index contributed by atoms with van der Waals surface area (Å²) in [4.78, 5) is 12.0. The number of carbonyl (C=O) groups is 1. The van der Waals surface area contributed by atoms with Crippen molar-refractivity contribution in [3.05, 3.63) is 24.2 Å². The van der Waals surface area contributed by atoms with Gasteiger partial charge in [-0.05, 0) is 25.0 Å². The van der Waals surface area contributed by atoms with E-state index in [1.165, 1.54) is 0 Å². The first-order valence-corrected chi connectivity index (χ1v) is 5.69. The van der Waals surface area contributed by atoms with Crippen molar-refractivity contribution in [2.75, 3.05) is 6.54 Å². The van der Waals surface area contributed by atoms with Gasteiger partial charge in [0.05, 0.1) is 18.2 Å². The lowest BCUT2D eigenvalue weighted by Crippen LogP contribution is -2.44. The summed E-state index contributed by atoms with van der Waals surface area (Å²) >= 11 is 0. The van der Waals surface area contributed by atoms with Gasteiger partial charge in [0.25, 0.3) is 0 Å². The molecule has 1 rings (SSSR count). The molecule has 0 aromatic carbocycles. The van der Waals surface area contributed by atoms with Gasteiger partial charge in [-0.3, -0.25) is 4.79 Å². The van der Waals surface area contributed by atoms with Crippen molar-refractivity contribution < 1.29 is 9.21 Å². The van der Waals surface area contributed by atoms with E-state index in [0.29, 0.717) is 13.1 Å². The van der Waals surface area contributed by atoms with Crippen LogP contribution in [0.25, 0.3) is 0 Å². The molecule has 16 heavy (non-hydrogen) atoms. The molecule has 1 aromatic rings. The van der Waals surface area contributed by atoms with Gasteiger partial charge in [0, 0.05) is 6.54 Å². The smallest absolute Gasteiger partial charge is 0.227 e. The minimum absolute atomic E-state index is 0.0106. The number of hydrogen-bond acceptors (Lipinski definition) is 3. The van der Waals surface area contributed by atoms with Gasteiger partial charge in [0.1, 0.15) is 5.76 Å². The van der Waals surface area contributed by atoms with Gasteiger partial charge in [0.2, 0.25) is 5.91 Å². The fourth-order valence-electron chi connectivity index (χ4n) is 1.72. The average Bonchev–Trinajstić information content (AvgIpc) is 2.82. The molecule has 0 saturated heterocycles. The van der Waals surface area contributed by atoms with E-state index < -0.39 is 5.41 Å². The molecule has 4 nitrogen and oxygen atoms in total. The third-order valence-electron chi connectivity index (χ3n) is 3.23. The lowest BCUT2D eigenvalue weighted by molar-refractivity contribution is -0.131. The highest BCUT2D eigenvalue weighted by Gasteiger charge is 2.32. The van der Waals surface area contributed by atoms with Crippen LogP contribution in [-0.2, 0) is 11.3 Å². The fraction of sp³-hybridized carbons (Fsp3) is 0.583. The van der Waals surface area contributed by atoms with Gasteiger partial charge in [0.15, 0.2) is 0 Å². The van der Waals surface area contributed by atoms with E-state index in [-0.39, 0.29) is 5.91 Å². The lowest BCUT2D eigenvalue weighted by Gasteiger charge is -2.28. The monoisotopic (exact) mass is 224 g/mol. The molecule has 0 aliphatic carbocycles. The van der Waals surface area contributed by atoms with Gasteiger partial charge in [-0.2, -0.15) is 0 Å². The van der Waals surface area contributed by atoms with E-state index in [9.17, 15) is 4.79 Å². The SMILES string of the molecule is CCC(CC)(CN)C(=O)NCc1ccco1. The number of carbonyl (C=O) groups excluding carboxylic acids is 1. The quantitative estimate of drug-likeness (QED) is 0.772. The number of nitrogens with one attached hydrogen (secondary N) is 1. The average molecular weight is 224 g/mol. The molecule has 0 bridgehead atoms. The third kappa shape index (κ3) is 2.64. The topological polar surface area (TPSA) is 68.3 Å². The summed E-state index contributed by atoms with van der Waals surface area (Å²) in [5.41, 5.74) is 5.26. The molecule has 0 atom stereocenters. The van der Waals surface area contributed by atoms with Crippen LogP contribution in [0.15, 0.2) is 22.8 Å². The number of nitrogens with two attached hydrogens (primary N) is 1. The minimum atomic E-state index is -0.438. The summed E-state index contributed by atoms with van der Waals surface area (Å²) in [7, 11) is 0. The van der Waals surface area contributed by atoms with Crippen molar-refractivity contribution in [2.45, 2.75) is 33.2 Å². The van der Waals surface area contributed by atoms with Crippen LogP contribution in [0.5, 0.6) is 0 Å². The zero-order valence-corrected chi connectivity index (χ0v) is 9.95. The van der Waals surface area contributed by atoms with Crippen LogP contribution in [0.4, 0.5) is 0 Å². The highest BCUT2D eigenvalue weighted by molar-refractivity contribution is 5.82. The second-order valence-corrected chi connectivity index (χ2v) is 3.95. The Morgan fingerprint density at radius 2 is 2.19 bits per heavy atom. The standard InChI is InChI=1S/C12H20N2O2/c1-3-12(4-2,9-13)11(15)14-8-10-6-5-7-16-10/h5-7H,3-4,8-9,13H2,1-2H3,(H,14,15). The molecule has 0 aliphatic rings. The largest absolute Gasteiger partial charge is 0.467 e. The second-order valence-electron chi connectivity index (χ2n) is 3.95. The van der Waals surface area contributed by atoms with Crippen LogP contribution in [0.3, 0.4) is 0 Å². The second kappa shape index (κ2) is 5.70. The number of rotatable bonds is 6. The zero-order valence-electron chi connectivity index (χ0n) is 9.95. The molecule has 3 N–H and O–H groups in total. The predicted octanol–water partition coefficient (Wildman–Crippen LogP) is 1.66. The molecular weight excluding hydrogens is 204 g/mol. The van der Waals surface area contributed by atoms with Crippen LogP contribution >= 0.6 is 0 Å². The molecule has 0 fully saturated rings. The Labute approximate surface area is 96.2 Å². The van der Waals surface area contributed by atoms with Crippen LogP contribution in [0.1, 0.15) is 32.4 Å². The van der Waals surface area contributed by atoms with Crippen molar-refractivity contribution >= 4 is 5.91 Å². The molecule has 1 heterocycles. The summed E-state index contributed by atoms with van der Waals surface area (Å²) in [5.74, 6) is 0.767. The van der Waals surface area contributed by atoms with E-state index in [0.717, 1.165) is 18.6 Å². The Morgan fingerprint density at radius 1 is 1.50 bits per heavy atom. The first-order chi connectivity index (χ1) is 7.68. The van der Waals surface area contributed by atoms with Gasteiger partial charge >= 0.3 is 0 Å². The van der Waals surface area contributed by atoms with E-state index in [1.807, 2.05) is 19.9 Å². The van der Waals surface area contributed by atoms with Crippen LogP contribution in [-0.4, -0.2) is 12.5 Å². The molecule has 0 unspecified atom stereocenters. The fourth-order valence-corrected chi connectivity index (χ4v) is 1.72. The highest BCUT2D eigenvalue weighted by atomic mass is 16.3. The van der Waals surface area contributed by atoms with Crippen molar-refractivity contribution in [2.24, 2.45) is 11.1 Å². The maximum atomic E-state index is 12.0.